The smallest absolute Gasteiger partial charge is 0.226 e. The fourth-order valence-corrected chi connectivity index (χ4v) is 3.37. The van der Waals surface area contributed by atoms with Gasteiger partial charge < -0.3 is 19.3 Å². The Kier molecular flexibility index (Phi) is 6.06. The normalized spacial score (nSPS) is 16.4. The summed E-state index contributed by atoms with van der Waals surface area (Å²) in [5.74, 6) is 0.761. The molecule has 0 unspecified atom stereocenters. The van der Waals surface area contributed by atoms with Crippen LogP contribution in [0.25, 0.3) is 11.3 Å². The summed E-state index contributed by atoms with van der Waals surface area (Å²) in [6, 6.07) is 10.1. The Balaban J connectivity index is 1.76. The molecule has 0 saturated carbocycles. The van der Waals surface area contributed by atoms with Gasteiger partial charge in [-0.3, -0.25) is 4.79 Å². The topological polar surface area (TPSA) is 73.6 Å². The molecule has 0 atom stereocenters. The largest absolute Gasteiger partial charge is 0.383 e. The van der Waals surface area contributed by atoms with E-state index >= 15 is 0 Å². The molecule has 6 nitrogen and oxygen atoms in total. The van der Waals surface area contributed by atoms with Crippen LogP contribution in [-0.2, 0) is 20.7 Å². The van der Waals surface area contributed by atoms with E-state index in [0.717, 1.165) is 17.0 Å². The Morgan fingerprint density at radius 2 is 2.12 bits per heavy atom. The van der Waals surface area contributed by atoms with Crippen molar-refractivity contribution in [3.05, 3.63) is 41.7 Å². The third kappa shape index (κ3) is 4.31. The second kappa shape index (κ2) is 8.47. The molecule has 0 radical (unpaired) electrons. The standard InChI is InChI=1S/C20H26N2O4/c1-15-4-3-5-16(12-15)18-13-17(26-22-18)14-20(6-9-25-10-7-20)19(23)21-8-11-24-2/h3-5,12-13H,6-11,14H2,1-2H3,(H,21,23). The molecule has 0 bridgehead atoms. The fourth-order valence-electron chi connectivity index (χ4n) is 3.37. The average Bonchev–Trinajstić information content (AvgIpc) is 3.11. The summed E-state index contributed by atoms with van der Waals surface area (Å²) >= 11 is 0. The zero-order chi connectivity index (χ0) is 18.4. The average molecular weight is 358 g/mol. The number of hydrogen-bond donors (Lipinski definition) is 1. The second-order valence-electron chi connectivity index (χ2n) is 6.87. The summed E-state index contributed by atoms with van der Waals surface area (Å²) in [6.45, 7) is 4.21. The molecule has 2 heterocycles. The van der Waals surface area contributed by atoms with Gasteiger partial charge in [0.05, 0.1) is 12.0 Å². The van der Waals surface area contributed by atoms with Gasteiger partial charge >= 0.3 is 0 Å². The monoisotopic (exact) mass is 358 g/mol. The predicted octanol–water partition coefficient (Wildman–Crippen LogP) is 2.75. The number of rotatable bonds is 7. The van der Waals surface area contributed by atoms with Gasteiger partial charge in [0.2, 0.25) is 5.91 Å². The van der Waals surface area contributed by atoms with E-state index in [4.69, 9.17) is 14.0 Å². The molecule has 0 spiro atoms. The van der Waals surface area contributed by atoms with Crippen molar-refractivity contribution in [3.8, 4) is 11.3 Å². The summed E-state index contributed by atoms with van der Waals surface area (Å²) in [5, 5.41) is 7.18. The summed E-state index contributed by atoms with van der Waals surface area (Å²) in [5.41, 5.74) is 2.47. The molecule has 3 rings (SSSR count). The summed E-state index contributed by atoms with van der Waals surface area (Å²) < 4.78 is 16.1. The maximum atomic E-state index is 12.8. The van der Waals surface area contributed by atoms with Gasteiger partial charge in [0.15, 0.2) is 0 Å². The maximum absolute atomic E-state index is 12.8. The molecule has 1 aromatic heterocycles. The van der Waals surface area contributed by atoms with Crippen molar-refractivity contribution in [2.45, 2.75) is 26.2 Å². The molecule has 1 N–H and O–H groups in total. The first kappa shape index (κ1) is 18.6. The molecule has 1 aliphatic heterocycles. The number of benzene rings is 1. The van der Waals surface area contributed by atoms with Crippen molar-refractivity contribution in [1.82, 2.24) is 10.5 Å². The van der Waals surface area contributed by atoms with E-state index < -0.39 is 5.41 Å². The van der Waals surface area contributed by atoms with Crippen LogP contribution in [-0.4, -0.2) is 44.5 Å². The number of carbonyl (C=O) groups excluding carboxylic acids is 1. The van der Waals surface area contributed by atoms with E-state index in [-0.39, 0.29) is 5.91 Å². The zero-order valence-electron chi connectivity index (χ0n) is 15.4. The summed E-state index contributed by atoms with van der Waals surface area (Å²) in [4.78, 5) is 12.8. The van der Waals surface area contributed by atoms with Crippen LogP contribution in [0, 0.1) is 12.3 Å². The van der Waals surface area contributed by atoms with Crippen molar-refractivity contribution < 1.29 is 18.8 Å². The Labute approximate surface area is 153 Å². The number of aryl methyl sites for hydroxylation is 1. The molecule has 1 aromatic carbocycles. The number of nitrogens with zero attached hydrogens (tertiary/aromatic N) is 1. The van der Waals surface area contributed by atoms with Crippen molar-refractivity contribution in [3.63, 3.8) is 0 Å². The van der Waals surface area contributed by atoms with Crippen LogP contribution in [0.2, 0.25) is 0 Å². The minimum atomic E-state index is -0.518. The number of hydrogen-bond acceptors (Lipinski definition) is 5. The number of aromatic nitrogens is 1. The van der Waals surface area contributed by atoms with Gasteiger partial charge in [0.1, 0.15) is 11.5 Å². The van der Waals surface area contributed by atoms with Gasteiger partial charge in [-0.05, 0) is 25.8 Å². The molecule has 2 aromatic rings. The molecule has 1 amide bonds. The van der Waals surface area contributed by atoms with E-state index in [1.165, 1.54) is 5.56 Å². The highest BCUT2D eigenvalue weighted by atomic mass is 16.5. The molecule has 0 aliphatic carbocycles. The van der Waals surface area contributed by atoms with E-state index in [0.29, 0.717) is 45.6 Å². The lowest BCUT2D eigenvalue weighted by Crippen LogP contribution is -2.46. The minimum absolute atomic E-state index is 0.0337. The molecule has 140 valence electrons. The Bertz CT molecular complexity index is 735. The molecular formula is C20H26N2O4. The zero-order valence-corrected chi connectivity index (χ0v) is 15.4. The first-order valence-corrected chi connectivity index (χ1v) is 9.01. The third-order valence-electron chi connectivity index (χ3n) is 4.91. The van der Waals surface area contributed by atoms with Crippen LogP contribution < -0.4 is 5.32 Å². The lowest BCUT2D eigenvalue weighted by molar-refractivity contribution is -0.137. The number of amides is 1. The molecule has 26 heavy (non-hydrogen) atoms. The van der Waals surface area contributed by atoms with Crippen LogP contribution in [0.3, 0.4) is 0 Å². The molecule has 1 aliphatic rings. The second-order valence-corrected chi connectivity index (χ2v) is 6.87. The Hall–Kier alpha value is -2.18. The minimum Gasteiger partial charge on any atom is -0.383 e. The summed E-state index contributed by atoms with van der Waals surface area (Å²) in [7, 11) is 1.62. The van der Waals surface area contributed by atoms with E-state index in [1.807, 2.05) is 31.2 Å². The quantitative estimate of drug-likeness (QED) is 0.771. The molecular weight excluding hydrogens is 332 g/mol. The Morgan fingerprint density at radius 1 is 1.31 bits per heavy atom. The lowest BCUT2D eigenvalue weighted by atomic mass is 9.75. The number of carbonyl (C=O) groups is 1. The molecule has 6 heteroatoms. The van der Waals surface area contributed by atoms with Crippen molar-refractivity contribution >= 4 is 5.91 Å². The third-order valence-corrected chi connectivity index (χ3v) is 4.91. The van der Waals surface area contributed by atoms with Crippen LogP contribution in [0.5, 0.6) is 0 Å². The highest BCUT2D eigenvalue weighted by Crippen LogP contribution is 2.35. The van der Waals surface area contributed by atoms with Crippen LogP contribution in [0.1, 0.15) is 24.2 Å². The fraction of sp³-hybridized carbons (Fsp3) is 0.500. The van der Waals surface area contributed by atoms with Crippen molar-refractivity contribution in [2.24, 2.45) is 5.41 Å². The Morgan fingerprint density at radius 3 is 2.85 bits per heavy atom. The van der Waals surface area contributed by atoms with Gasteiger partial charge in [-0.25, -0.2) is 0 Å². The van der Waals surface area contributed by atoms with E-state index in [1.54, 1.807) is 7.11 Å². The lowest BCUT2D eigenvalue weighted by Gasteiger charge is -2.35. The van der Waals surface area contributed by atoms with Gasteiger partial charge in [-0.2, -0.15) is 0 Å². The SMILES string of the molecule is COCCNC(=O)C1(Cc2cc(-c3cccc(C)c3)no2)CCOCC1. The van der Waals surface area contributed by atoms with Crippen LogP contribution in [0.4, 0.5) is 0 Å². The molecule has 1 fully saturated rings. The van der Waals surface area contributed by atoms with Crippen LogP contribution >= 0.6 is 0 Å². The van der Waals surface area contributed by atoms with Crippen LogP contribution in [0.15, 0.2) is 34.9 Å². The maximum Gasteiger partial charge on any atom is 0.226 e. The first-order valence-electron chi connectivity index (χ1n) is 9.01. The number of ether oxygens (including phenoxy) is 2. The number of methoxy groups -OCH3 is 1. The highest BCUT2D eigenvalue weighted by molar-refractivity contribution is 5.83. The number of nitrogens with one attached hydrogen (secondary N) is 1. The van der Waals surface area contributed by atoms with Gasteiger partial charge in [-0.15, -0.1) is 0 Å². The van der Waals surface area contributed by atoms with E-state index in [2.05, 4.69) is 16.5 Å². The van der Waals surface area contributed by atoms with Crippen molar-refractivity contribution in [1.29, 1.82) is 0 Å². The van der Waals surface area contributed by atoms with Gasteiger partial charge in [-0.1, -0.05) is 28.9 Å². The predicted molar refractivity (Wildman–Crippen MR) is 97.8 cm³/mol. The first-order chi connectivity index (χ1) is 12.6. The van der Waals surface area contributed by atoms with E-state index in [9.17, 15) is 4.79 Å². The van der Waals surface area contributed by atoms with Gasteiger partial charge in [0.25, 0.3) is 0 Å². The van der Waals surface area contributed by atoms with Gasteiger partial charge in [0, 0.05) is 44.9 Å². The summed E-state index contributed by atoms with van der Waals surface area (Å²) in [6.07, 6.45) is 1.87. The van der Waals surface area contributed by atoms with Crippen molar-refractivity contribution in [2.75, 3.05) is 33.5 Å². The molecule has 1 saturated heterocycles. The highest BCUT2D eigenvalue weighted by Gasteiger charge is 2.41.